The topological polar surface area (TPSA) is 83.1 Å². The van der Waals surface area contributed by atoms with Gasteiger partial charge in [0.05, 0.1) is 28.5 Å². The molecule has 0 saturated carbocycles. The Morgan fingerprint density at radius 2 is 1.54 bits per heavy atom. The third-order valence-electron chi connectivity index (χ3n) is 7.04. The highest BCUT2D eigenvalue weighted by Crippen LogP contribution is 2.39. The number of imidazole rings is 2. The van der Waals surface area contributed by atoms with Crippen molar-refractivity contribution in [2.24, 2.45) is 0 Å². The van der Waals surface area contributed by atoms with E-state index in [0.717, 1.165) is 49.9 Å². The molecule has 7 aromatic rings. The number of nitrogens with zero attached hydrogens (tertiary/aromatic N) is 4. The summed E-state index contributed by atoms with van der Waals surface area (Å²) in [7, 11) is 0. The SMILES string of the molecule is CC(C)c1nc2c3ccc(-c4ccc5cc(-c6cnc(C(C)C)[nH]6)sc5c4)cc3c3c[nH]ncc3c2n1. The van der Waals surface area contributed by atoms with E-state index in [9.17, 15) is 0 Å². The molecule has 7 heteroatoms. The zero-order chi connectivity index (χ0) is 25.3. The highest BCUT2D eigenvalue weighted by molar-refractivity contribution is 7.22. The van der Waals surface area contributed by atoms with E-state index in [-0.39, 0.29) is 5.92 Å². The molecule has 3 aromatic carbocycles. The molecule has 182 valence electrons. The van der Waals surface area contributed by atoms with E-state index in [0.29, 0.717) is 5.92 Å². The van der Waals surface area contributed by atoms with Crippen molar-refractivity contribution in [3.05, 3.63) is 72.7 Å². The van der Waals surface area contributed by atoms with Crippen molar-refractivity contribution in [1.29, 1.82) is 0 Å². The number of hydrogen-bond donors (Lipinski definition) is 2. The van der Waals surface area contributed by atoms with Crippen LogP contribution in [0.3, 0.4) is 0 Å². The summed E-state index contributed by atoms with van der Waals surface area (Å²) >= 11 is 1.79. The van der Waals surface area contributed by atoms with Gasteiger partial charge in [-0.25, -0.2) is 15.0 Å². The fourth-order valence-corrected chi connectivity index (χ4v) is 6.08. The summed E-state index contributed by atoms with van der Waals surface area (Å²) in [6, 6.07) is 15.6. The normalized spacial score (nSPS) is 12.3. The lowest BCUT2D eigenvalue weighted by Gasteiger charge is -2.08. The van der Waals surface area contributed by atoms with Crippen LogP contribution in [0.5, 0.6) is 0 Å². The fraction of sp³-hybridized carbons (Fsp3) is 0.200. The molecule has 0 aliphatic heterocycles. The number of nitrogens with one attached hydrogen (secondary N) is 2. The van der Waals surface area contributed by atoms with E-state index >= 15 is 0 Å². The van der Waals surface area contributed by atoms with Crippen molar-refractivity contribution < 1.29 is 0 Å². The van der Waals surface area contributed by atoms with Crippen LogP contribution in [0.2, 0.25) is 0 Å². The van der Waals surface area contributed by atoms with Crippen LogP contribution in [-0.4, -0.2) is 30.1 Å². The lowest BCUT2D eigenvalue weighted by molar-refractivity contribution is 0.795. The first kappa shape index (κ1) is 22.1. The second-order valence-corrected chi connectivity index (χ2v) is 11.3. The molecule has 4 aromatic heterocycles. The second-order valence-electron chi connectivity index (χ2n) is 10.3. The molecule has 0 aliphatic rings. The third kappa shape index (κ3) is 3.53. The first-order chi connectivity index (χ1) is 18.0. The predicted molar refractivity (Wildman–Crippen MR) is 153 cm³/mol. The number of benzene rings is 3. The fourth-order valence-electron chi connectivity index (χ4n) is 5.01. The minimum Gasteiger partial charge on any atom is -0.341 e. The number of thiophene rings is 1. The quantitative estimate of drug-likeness (QED) is 0.238. The molecular weight excluding hydrogens is 476 g/mol. The average molecular weight is 503 g/mol. The van der Waals surface area contributed by atoms with E-state index in [2.05, 4.69) is 90.3 Å². The summed E-state index contributed by atoms with van der Waals surface area (Å²) in [5.41, 5.74) is 5.32. The standard InChI is InChI=1S/C30H26N6S/c1-15(2)29-31-14-24(34-29)26-11-19-6-5-18(10-25(19)37-26)17-7-8-20-21(9-17)22-12-32-33-13-23(22)28-27(20)35-30(36-28)16(3)4/h5-16,32H,1-4H3,(H,31,34). The van der Waals surface area contributed by atoms with Gasteiger partial charge in [-0.15, -0.1) is 11.3 Å². The van der Waals surface area contributed by atoms with Crippen molar-refractivity contribution in [3.8, 4) is 21.7 Å². The van der Waals surface area contributed by atoms with Gasteiger partial charge in [-0.1, -0.05) is 52.0 Å². The van der Waals surface area contributed by atoms with E-state index in [4.69, 9.17) is 9.97 Å². The van der Waals surface area contributed by atoms with Crippen molar-refractivity contribution in [1.82, 2.24) is 30.1 Å². The molecule has 2 N–H and O–H groups in total. The molecule has 0 bridgehead atoms. The number of fused-ring (bicyclic) bond motifs is 7. The molecular formula is C30H26N6S. The van der Waals surface area contributed by atoms with Crippen LogP contribution < -0.4 is 0 Å². The van der Waals surface area contributed by atoms with E-state index in [1.54, 1.807) is 11.3 Å². The number of aromatic amines is 2. The second kappa shape index (κ2) is 8.21. The minimum atomic E-state index is 0.265. The Bertz CT molecular complexity index is 1960. The maximum Gasteiger partial charge on any atom is 0.132 e. The van der Waals surface area contributed by atoms with Gasteiger partial charge in [0, 0.05) is 38.9 Å². The summed E-state index contributed by atoms with van der Waals surface area (Å²) in [5.74, 6) is 2.54. The predicted octanol–water partition coefficient (Wildman–Crippen LogP) is 8.18. The Kier molecular flexibility index (Phi) is 4.91. The van der Waals surface area contributed by atoms with Crippen LogP contribution in [0, 0.1) is 0 Å². The van der Waals surface area contributed by atoms with Crippen molar-refractivity contribution in [3.63, 3.8) is 0 Å². The molecule has 7 rings (SSSR count). The van der Waals surface area contributed by atoms with Gasteiger partial charge in [0.2, 0.25) is 0 Å². The van der Waals surface area contributed by atoms with Crippen LogP contribution in [0.15, 0.2) is 61.1 Å². The van der Waals surface area contributed by atoms with Gasteiger partial charge in [-0.2, -0.15) is 5.10 Å². The number of hydrogen-bond acceptors (Lipinski definition) is 5. The van der Waals surface area contributed by atoms with E-state index < -0.39 is 0 Å². The summed E-state index contributed by atoms with van der Waals surface area (Å²) in [4.78, 5) is 19.0. The first-order valence-electron chi connectivity index (χ1n) is 12.6. The van der Waals surface area contributed by atoms with Gasteiger partial charge in [-0.3, -0.25) is 5.10 Å². The molecule has 0 saturated heterocycles. The van der Waals surface area contributed by atoms with Gasteiger partial charge >= 0.3 is 0 Å². The molecule has 0 atom stereocenters. The Morgan fingerprint density at radius 1 is 0.757 bits per heavy atom. The van der Waals surface area contributed by atoms with Crippen molar-refractivity contribution in [2.75, 3.05) is 0 Å². The third-order valence-corrected chi connectivity index (χ3v) is 8.17. The molecule has 37 heavy (non-hydrogen) atoms. The monoisotopic (exact) mass is 502 g/mol. The number of rotatable bonds is 4. The molecule has 0 aliphatic carbocycles. The van der Waals surface area contributed by atoms with Crippen molar-refractivity contribution in [2.45, 2.75) is 39.5 Å². The Balaban J connectivity index is 1.38. The molecule has 0 radical (unpaired) electrons. The molecule has 0 unspecified atom stereocenters. The Hall–Kier alpha value is -4.10. The Labute approximate surface area is 217 Å². The van der Waals surface area contributed by atoms with Crippen LogP contribution >= 0.6 is 11.3 Å². The zero-order valence-corrected chi connectivity index (χ0v) is 21.9. The van der Waals surface area contributed by atoms with Crippen LogP contribution in [0.1, 0.15) is 51.2 Å². The minimum absolute atomic E-state index is 0.265. The molecule has 0 amide bonds. The van der Waals surface area contributed by atoms with Gasteiger partial charge in [0.1, 0.15) is 17.2 Å². The van der Waals surface area contributed by atoms with Crippen LogP contribution in [-0.2, 0) is 0 Å². The van der Waals surface area contributed by atoms with Gasteiger partial charge in [-0.05, 0) is 40.1 Å². The Morgan fingerprint density at radius 3 is 2.32 bits per heavy atom. The van der Waals surface area contributed by atoms with E-state index in [1.807, 2.05) is 18.6 Å². The smallest absolute Gasteiger partial charge is 0.132 e. The number of H-pyrrole nitrogens is 2. The van der Waals surface area contributed by atoms with Gasteiger partial charge < -0.3 is 4.98 Å². The molecule has 6 nitrogen and oxygen atoms in total. The zero-order valence-electron chi connectivity index (χ0n) is 21.1. The summed E-state index contributed by atoms with van der Waals surface area (Å²) in [6.07, 6.45) is 5.77. The largest absolute Gasteiger partial charge is 0.341 e. The summed E-state index contributed by atoms with van der Waals surface area (Å²) in [6.45, 7) is 8.56. The molecule has 0 spiro atoms. The lowest BCUT2D eigenvalue weighted by Crippen LogP contribution is -1.88. The number of aromatic nitrogens is 6. The maximum absolute atomic E-state index is 4.92. The summed E-state index contributed by atoms with van der Waals surface area (Å²) < 4.78 is 1.26. The van der Waals surface area contributed by atoms with E-state index in [1.165, 1.54) is 26.1 Å². The average Bonchev–Trinajstić information content (AvgIpc) is 3.66. The molecule has 4 heterocycles. The van der Waals surface area contributed by atoms with Crippen LogP contribution in [0.25, 0.3) is 64.4 Å². The first-order valence-corrected chi connectivity index (χ1v) is 13.4. The highest BCUT2D eigenvalue weighted by atomic mass is 32.1. The lowest BCUT2D eigenvalue weighted by atomic mass is 9.97. The van der Waals surface area contributed by atoms with Crippen LogP contribution in [0.4, 0.5) is 0 Å². The van der Waals surface area contributed by atoms with Gasteiger partial charge in [0.15, 0.2) is 0 Å². The van der Waals surface area contributed by atoms with Gasteiger partial charge in [0.25, 0.3) is 0 Å². The summed E-state index contributed by atoms with van der Waals surface area (Å²) in [5, 5.41) is 12.9. The van der Waals surface area contributed by atoms with Crippen molar-refractivity contribution >= 4 is 54.0 Å². The highest BCUT2D eigenvalue weighted by Gasteiger charge is 2.17. The maximum atomic E-state index is 4.92. The molecule has 0 fully saturated rings.